The molecule has 152 valence electrons. The molecule has 2 aromatic carbocycles. The number of carbonyl (C=O) groups is 1. The molecule has 1 aliphatic carbocycles. The van der Waals surface area contributed by atoms with Gasteiger partial charge in [0.05, 0.1) is 12.9 Å². The van der Waals surface area contributed by atoms with Crippen LogP contribution in [0.1, 0.15) is 24.7 Å². The fourth-order valence-electron chi connectivity index (χ4n) is 2.97. The molecule has 0 atom stereocenters. The van der Waals surface area contributed by atoms with E-state index in [0.717, 1.165) is 41.1 Å². The molecule has 2 aromatic heterocycles. The molecule has 1 amide bonds. The summed E-state index contributed by atoms with van der Waals surface area (Å²) in [6, 6.07) is 12.8. The van der Waals surface area contributed by atoms with E-state index in [4.69, 9.17) is 13.6 Å². The molecule has 0 radical (unpaired) electrons. The molecule has 0 spiro atoms. The van der Waals surface area contributed by atoms with Gasteiger partial charge in [0.15, 0.2) is 11.5 Å². The van der Waals surface area contributed by atoms with Gasteiger partial charge >= 0.3 is 0 Å². The lowest BCUT2D eigenvalue weighted by atomic mass is 10.2. The number of fused-ring (bicyclic) bond motifs is 1. The molecule has 0 aliphatic heterocycles. The van der Waals surface area contributed by atoms with E-state index < -0.39 is 0 Å². The summed E-state index contributed by atoms with van der Waals surface area (Å²) in [5, 5.41) is 11.2. The number of anilines is 1. The van der Waals surface area contributed by atoms with E-state index in [9.17, 15) is 4.79 Å². The Hall–Kier alpha value is -3.33. The normalized spacial score (nSPS) is 13.5. The number of methoxy groups -OCH3 is 1. The Morgan fingerprint density at radius 1 is 1.17 bits per heavy atom. The monoisotopic (exact) mass is 422 g/mol. The van der Waals surface area contributed by atoms with Crippen LogP contribution >= 0.6 is 11.8 Å². The van der Waals surface area contributed by atoms with Gasteiger partial charge in [0.1, 0.15) is 11.3 Å². The second kappa shape index (κ2) is 7.83. The molecule has 1 N–H and O–H groups in total. The SMILES string of the molecule is COc1ccc(-c2nnc(SCC(=O)Nc3ccc4oc(C5CC5)nc4c3)o2)cc1. The van der Waals surface area contributed by atoms with E-state index in [-0.39, 0.29) is 11.7 Å². The third-order valence-electron chi connectivity index (χ3n) is 4.68. The fraction of sp³-hybridized carbons (Fsp3) is 0.238. The summed E-state index contributed by atoms with van der Waals surface area (Å²) in [6.07, 6.45) is 2.26. The Balaban J connectivity index is 1.19. The Morgan fingerprint density at radius 3 is 2.77 bits per heavy atom. The van der Waals surface area contributed by atoms with Crippen molar-refractivity contribution in [2.45, 2.75) is 24.0 Å². The average Bonchev–Trinajstić information content (AvgIpc) is 3.36. The Bertz CT molecular complexity index is 1200. The van der Waals surface area contributed by atoms with Crippen LogP contribution in [0.3, 0.4) is 0 Å². The van der Waals surface area contributed by atoms with E-state index in [1.54, 1.807) is 13.2 Å². The van der Waals surface area contributed by atoms with E-state index in [1.807, 2.05) is 36.4 Å². The average molecular weight is 422 g/mol. The minimum atomic E-state index is -0.172. The molecule has 30 heavy (non-hydrogen) atoms. The number of ether oxygens (including phenoxy) is 1. The van der Waals surface area contributed by atoms with Crippen LogP contribution in [0, 0.1) is 0 Å². The summed E-state index contributed by atoms with van der Waals surface area (Å²) >= 11 is 1.18. The second-order valence-electron chi connectivity index (χ2n) is 6.95. The molecule has 1 fully saturated rings. The zero-order chi connectivity index (χ0) is 20.5. The highest BCUT2D eigenvalue weighted by Gasteiger charge is 2.28. The lowest BCUT2D eigenvalue weighted by Crippen LogP contribution is -2.13. The van der Waals surface area contributed by atoms with E-state index in [0.29, 0.717) is 22.7 Å². The number of carbonyl (C=O) groups excluding carboxylic acids is 1. The maximum Gasteiger partial charge on any atom is 0.277 e. The molecule has 1 aliphatic rings. The summed E-state index contributed by atoms with van der Waals surface area (Å²) in [5.41, 5.74) is 2.95. The van der Waals surface area contributed by atoms with Gasteiger partial charge in [-0.3, -0.25) is 4.79 Å². The molecule has 0 saturated heterocycles. The van der Waals surface area contributed by atoms with E-state index in [2.05, 4.69) is 20.5 Å². The quantitative estimate of drug-likeness (QED) is 0.434. The van der Waals surface area contributed by atoms with Gasteiger partial charge in [-0.15, -0.1) is 10.2 Å². The van der Waals surface area contributed by atoms with Crippen LogP contribution in [0.4, 0.5) is 5.69 Å². The predicted octanol–water partition coefficient (Wildman–Crippen LogP) is 4.49. The van der Waals surface area contributed by atoms with Crippen LogP contribution in [-0.4, -0.2) is 34.0 Å². The molecule has 4 aromatic rings. The van der Waals surface area contributed by atoms with Crippen molar-refractivity contribution in [2.75, 3.05) is 18.2 Å². The predicted molar refractivity (Wildman–Crippen MR) is 112 cm³/mol. The second-order valence-corrected chi connectivity index (χ2v) is 7.87. The molecule has 0 bridgehead atoms. The van der Waals surface area contributed by atoms with Crippen LogP contribution in [0.5, 0.6) is 5.75 Å². The highest BCUT2D eigenvalue weighted by Crippen LogP contribution is 2.40. The van der Waals surface area contributed by atoms with E-state index >= 15 is 0 Å². The molecule has 2 heterocycles. The van der Waals surface area contributed by atoms with Gasteiger partial charge in [-0.2, -0.15) is 0 Å². The van der Waals surface area contributed by atoms with Crippen molar-refractivity contribution in [1.82, 2.24) is 15.2 Å². The molecule has 8 nitrogen and oxygen atoms in total. The first-order valence-electron chi connectivity index (χ1n) is 9.49. The number of amides is 1. The van der Waals surface area contributed by atoms with Crippen molar-refractivity contribution < 1.29 is 18.4 Å². The summed E-state index contributed by atoms with van der Waals surface area (Å²) in [7, 11) is 1.61. The number of nitrogens with one attached hydrogen (secondary N) is 1. The molecule has 0 unspecified atom stereocenters. The van der Waals surface area contributed by atoms with Crippen molar-refractivity contribution in [3.63, 3.8) is 0 Å². The van der Waals surface area contributed by atoms with Crippen LogP contribution in [0.2, 0.25) is 0 Å². The van der Waals surface area contributed by atoms with Crippen molar-refractivity contribution >= 4 is 34.5 Å². The topological polar surface area (TPSA) is 103 Å². The summed E-state index contributed by atoms with van der Waals surface area (Å²) in [5.74, 6) is 2.35. The van der Waals surface area contributed by atoms with Gasteiger partial charge in [-0.05, 0) is 55.3 Å². The number of benzene rings is 2. The minimum absolute atomic E-state index is 0.147. The zero-order valence-corrected chi connectivity index (χ0v) is 16.9. The van der Waals surface area contributed by atoms with Crippen LogP contribution in [-0.2, 0) is 4.79 Å². The van der Waals surface area contributed by atoms with Gasteiger partial charge in [-0.1, -0.05) is 11.8 Å². The summed E-state index contributed by atoms with van der Waals surface area (Å²) < 4.78 is 16.5. The Labute approximate surface area is 176 Å². The first-order valence-corrected chi connectivity index (χ1v) is 10.5. The number of rotatable bonds is 7. The lowest BCUT2D eigenvalue weighted by molar-refractivity contribution is -0.113. The van der Waals surface area contributed by atoms with Crippen molar-refractivity contribution in [2.24, 2.45) is 0 Å². The van der Waals surface area contributed by atoms with Crippen LogP contribution < -0.4 is 10.1 Å². The number of nitrogens with zero attached hydrogens (tertiary/aromatic N) is 3. The Morgan fingerprint density at radius 2 is 2.00 bits per heavy atom. The minimum Gasteiger partial charge on any atom is -0.497 e. The number of hydrogen-bond acceptors (Lipinski definition) is 8. The molecule has 9 heteroatoms. The van der Waals surface area contributed by atoms with E-state index in [1.165, 1.54) is 11.8 Å². The first kappa shape index (κ1) is 18.7. The number of aromatic nitrogens is 3. The first-order chi connectivity index (χ1) is 14.7. The van der Waals surface area contributed by atoms with Crippen molar-refractivity contribution in [3.05, 3.63) is 48.4 Å². The highest BCUT2D eigenvalue weighted by molar-refractivity contribution is 7.99. The summed E-state index contributed by atoms with van der Waals surface area (Å²) in [4.78, 5) is 16.8. The number of hydrogen-bond donors (Lipinski definition) is 1. The lowest BCUT2D eigenvalue weighted by Gasteiger charge is -2.03. The standard InChI is InChI=1S/C21H18N4O4S/c1-27-15-7-4-13(5-8-15)20-24-25-21(29-20)30-11-18(26)22-14-6-9-17-16(10-14)23-19(28-17)12-2-3-12/h4-10,12H,2-3,11H2,1H3,(H,22,26). The molecule has 1 saturated carbocycles. The highest BCUT2D eigenvalue weighted by atomic mass is 32.2. The van der Waals surface area contributed by atoms with Gasteiger partial charge in [0.2, 0.25) is 11.8 Å². The van der Waals surface area contributed by atoms with Crippen LogP contribution in [0.25, 0.3) is 22.6 Å². The molecular formula is C21H18N4O4S. The number of thioether (sulfide) groups is 1. The van der Waals surface area contributed by atoms with Crippen molar-refractivity contribution in [1.29, 1.82) is 0 Å². The van der Waals surface area contributed by atoms with Gasteiger partial charge in [0.25, 0.3) is 5.22 Å². The largest absolute Gasteiger partial charge is 0.497 e. The van der Waals surface area contributed by atoms with Crippen LogP contribution in [0.15, 0.2) is 56.5 Å². The van der Waals surface area contributed by atoms with Crippen molar-refractivity contribution in [3.8, 4) is 17.2 Å². The van der Waals surface area contributed by atoms with Gasteiger partial charge in [-0.25, -0.2) is 4.98 Å². The van der Waals surface area contributed by atoms with Gasteiger partial charge < -0.3 is 18.9 Å². The Kier molecular flexibility index (Phi) is 4.88. The molecule has 5 rings (SSSR count). The maximum atomic E-state index is 12.3. The fourth-order valence-corrected chi connectivity index (χ4v) is 3.53. The maximum absolute atomic E-state index is 12.3. The zero-order valence-electron chi connectivity index (χ0n) is 16.1. The summed E-state index contributed by atoms with van der Waals surface area (Å²) in [6.45, 7) is 0. The third-order valence-corrected chi connectivity index (χ3v) is 5.50. The number of oxazole rings is 1. The molecular weight excluding hydrogens is 404 g/mol. The van der Waals surface area contributed by atoms with Gasteiger partial charge in [0, 0.05) is 17.2 Å². The third kappa shape index (κ3) is 4.02. The smallest absolute Gasteiger partial charge is 0.277 e.